The van der Waals surface area contributed by atoms with E-state index in [-0.39, 0.29) is 24.6 Å². The fourth-order valence-corrected chi connectivity index (χ4v) is 2.50. The Morgan fingerprint density at radius 1 is 1.48 bits per heavy atom. The summed E-state index contributed by atoms with van der Waals surface area (Å²) in [4.78, 5) is 15.8. The van der Waals surface area contributed by atoms with E-state index in [2.05, 4.69) is 4.98 Å². The number of aromatic nitrogens is 2. The summed E-state index contributed by atoms with van der Waals surface area (Å²) in [7, 11) is 1.36. The average Bonchev–Trinajstić information content (AvgIpc) is 3.02. The van der Waals surface area contributed by atoms with Crippen molar-refractivity contribution in [2.45, 2.75) is 32.4 Å². The highest BCUT2D eigenvalue weighted by molar-refractivity contribution is 5.87. The van der Waals surface area contributed by atoms with Gasteiger partial charge in [0.25, 0.3) is 0 Å². The fourth-order valence-electron chi connectivity index (χ4n) is 2.50. The topological polar surface area (TPSA) is 99.6 Å². The number of hydrogen-bond acceptors (Lipinski definition) is 6. The molecule has 3 rings (SSSR count). The van der Waals surface area contributed by atoms with Crippen LogP contribution in [0.4, 0.5) is 5.69 Å². The number of methoxy groups -OCH3 is 1. The summed E-state index contributed by atoms with van der Waals surface area (Å²) < 4.78 is 12.2. The van der Waals surface area contributed by atoms with Crippen LogP contribution in [0.1, 0.15) is 42.4 Å². The zero-order valence-corrected chi connectivity index (χ0v) is 15.3. The molecule has 0 amide bonds. The zero-order valence-electron chi connectivity index (χ0n) is 14.5. The number of carbonyl (C=O) groups excluding carboxylic acids is 1. The van der Waals surface area contributed by atoms with Crippen LogP contribution in [-0.2, 0) is 4.74 Å². The highest BCUT2D eigenvalue weighted by Crippen LogP contribution is 2.36. The van der Waals surface area contributed by atoms with Crippen LogP contribution in [0.2, 0.25) is 0 Å². The molecule has 1 aliphatic rings. The Morgan fingerprint density at radius 2 is 2.16 bits per heavy atom. The van der Waals surface area contributed by atoms with E-state index >= 15 is 0 Å². The van der Waals surface area contributed by atoms with Crippen LogP contribution in [-0.4, -0.2) is 40.4 Å². The van der Waals surface area contributed by atoms with E-state index in [4.69, 9.17) is 20.3 Å². The predicted molar refractivity (Wildman–Crippen MR) is 97.3 cm³/mol. The normalized spacial score (nSPS) is 15.2. The van der Waals surface area contributed by atoms with Gasteiger partial charge >= 0.3 is 5.97 Å². The van der Waals surface area contributed by atoms with Gasteiger partial charge in [-0.25, -0.2) is 9.78 Å². The van der Waals surface area contributed by atoms with Crippen molar-refractivity contribution in [3.63, 3.8) is 0 Å². The number of halogens is 1. The smallest absolute Gasteiger partial charge is 0.356 e. The van der Waals surface area contributed by atoms with Gasteiger partial charge in [0, 0.05) is 23.8 Å². The second-order valence-corrected chi connectivity index (χ2v) is 5.72. The van der Waals surface area contributed by atoms with Crippen molar-refractivity contribution < 1.29 is 19.4 Å². The maximum Gasteiger partial charge on any atom is 0.356 e. The van der Waals surface area contributed by atoms with Gasteiger partial charge in [-0.05, 0) is 32.0 Å². The number of nitrogens with two attached hydrogens (primary N) is 1. The van der Waals surface area contributed by atoms with Crippen LogP contribution in [0.25, 0.3) is 0 Å². The van der Waals surface area contributed by atoms with E-state index < -0.39 is 5.97 Å². The van der Waals surface area contributed by atoms with Crippen LogP contribution in [0.15, 0.2) is 30.7 Å². The average molecular weight is 370 g/mol. The summed E-state index contributed by atoms with van der Waals surface area (Å²) in [6.07, 6.45) is 3.72. The van der Waals surface area contributed by atoms with Crippen LogP contribution in [0, 0.1) is 0 Å². The lowest BCUT2D eigenvalue weighted by Crippen LogP contribution is -2.23. The van der Waals surface area contributed by atoms with Crippen molar-refractivity contribution in [3.8, 4) is 5.75 Å². The van der Waals surface area contributed by atoms with Gasteiger partial charge in [-0.1, -0.05) is 0 Å². The number of hydrogen-bond donors (Lipinski definition) is 2. The van der Waals surface area contributed by atoms with Gasteiger partial charge in [0.1, 0.15) is 11.4 Å². The number of rotatable bonds is 2. The van der Waals surface area contributed by atoms with Crippen LogP contribution in [0.3, 0.4) is 0 Å². The van der Waals surface area contributed by atoms with E-state index in [0.29, 0.717) is 18.0 Å². The molecule has 0 bridgehead atoms. The number of aliphatic hydroxyl groups is 1. The summed E-state index contributed by atoms with van der Waals surface area (Å²) in [5, 5.41) is 8.06. The van der Waals surface area contributed by atoms with E-state index in [1.54, 1.807) is 26.2 Å². The molecule has 0 aliphatic carbocycles. The third kappa shape index (κ3) is 5.11. The van der Waals surface area contributed by atoms with Crippen molar-refractivity contribution in [2.24, 2.45) is 0 Å². The van der Waals surface area contributed by atoms with Crippen molar-refractivity contribution in [3.05, 3.63) is 42.0 Å². The van der Waals surface area contributed by atoms with E-state index in [1.807, 2.05) is 16.7 Å². The number of carbonyl (C=O) groups is 1. The van der Waals surface area contributed by atoms with E-state index in [1.165, 1.54) is 13.3 Å². The largest absolute Gasteiger partial charge is 0.493 e. The maximum atomic E-state index is 11.8. The molecule has 1 aliphatic heterocycles. The number of nitrogen functional groups attached to an aromatic ring is 1. The Balaban J connectivity index is 0.000000568. The minimum absolute atomic E-state index is 0. The summed E-state index contributed by atoms with van der Waals surface area (Å²) >= 11 is 0. The molecule has 0 saturated carbocycles. The van der Waals surface area contributed by atoms with Gasteiger partial charge in [-0.3, -0.25) is 0 Å². The Labute approximate surface area is 153 Å². The van der Waals surface area contributed by atoms with Crippen molar-refractivity contribution in [1.82, 2.24) is 9.55 Å². The first kappa shape index (κ1) is 20.8. The van der Waals surface area contributed by atoms with E-state index in [9.17, 15) is 4.79 Å². The molecule has 0 radical (unpaired) electrons. The molecule has 0 spiro atoms. The fraction of sp³-hybridized carbons (Fsp3) is 0.412. The Hall–Kier alpha value is -2.25. The molecule has 7 nitrogen and oxygen atoms in total. The first-order valence-corrected chi connectivity index (χ1v) is 7.74. The minimum Gasteiger partial charge on any atom is -0.493 e. The third-order valence-electron chi connectivity index (χ3n) is 3.44. The standard InChI is InChI=1S/C14H15N3O3.C3H8O.ClH/c1-19-14(18)12-7-16-8-17(12)11-4-5-20-13-3-2-9(15)6-10(11)13;1-3(2)4;/h2-3,6-8,11H,4-5,15H2,1H3;3-4H,1-2H3;1H. The molecule has 2 heterocycles. The highest BCUT2D eigenvalue weighted by Gasteiger charge is 2.26. The molecule has 138 valence electrons. The molecular weight excluding hydrogens is 346 g/mol. The van der Waals surface area contributed by atoms with Crippen LogP contribution >= 0.6 is 12.4 Å². The minimum atomic E-state index is -0.403. The highest BCUT2D eigenvalue weighted by atomic mass is 35.5. The molecule has 0 saturated heterocycles. The van der Waals surface area contributed by atoms with Crippen LogP contribution in [0.5, 0.6) is 5.75 Å². The van der Waals surface area contributed by atoms with Gasteiger partial charge in [-0.2, -0.15) is 0 Å². The molecule has 1 atom stereocenters. The summed E-state index contributed by atoms with van der Waals surface area (Å²) in [5.74, 6) is 0.388. The van der Waals surface area contributed by atoms with Crippen molar-refractivity contribution in [1.29, 1.82) is 0 Å². The molecule has 1 unspecified atom stereocenters. The Bertz CT molecular complexity index is 700. The Morgan fingerprint density at radius 3 is 2.80 bits per heavy atom. The first-order chi connectivity index (χ1) is 11.4. The molecule has 2 aromatic rings. The van der Waals surface area contributed by atoms with Gasteiger partial charge in [-0.15, -0.1) is 12.4 Å². The Kier molecular flexibility index (Phi) is 7.73. The number of nitrogens with zero attached hydrogens (tertiary/aromatic N) is 2. The summed E-state index contributed by atoms with van der Waals surface area (Å²) in [6.45, 7) is 4.03. The number of aliphatic hydroxyl groups excluding tert-OH is 1. The molecule has 1 aromatic heterocycles. The predicted octanol–water partition coefficient (Wildman–Crippen LogP) is 2.43. The quantitative estimate of drug-likeness (QED) is 0.623. The zero-order chi connectivity index (χ0) is 17.7. The molecule has 25 heavy (non-hydrogen) atoms. The number of ether oxygens (including phenoxy) is 2. The maximum absolute atomic E-state index is 11.8. The molecule has 3 N–H and O–H groups in total. The number of benzene rings is 1. The van der Waals surface area contributed by atoms with Crippen molar-refractivity contribution in [2.75, 3.05) is 19.5 Å². The second-order valence-electron chi connectivity index (χ2n) is 5.72. The van der Waals surface area contributed by atoms with E-state index in [0.717, 1.165) is 17.7 Å². The summed E-state index contributed by atoms with van der Waals surface area (Å²) in [6, 6.07) is 5.50. The van der Waals surface area contributed by atoms with Gasteiger partial charge < -0.3 is 24.9 Å². The second kappa shape index (κ2) is 9.29. The third-order valence-corrected chi connectivity index (χ3v) is 3.44. The molecule has 0 fully saturated rings. The number of imidazole rings is 1. The summed E-state index contributed by atoms with van der Waals surface area (Å²) in [5.41, 5.74) is 7.90. The monoisotopic (exact) mass is 369 g/mol. The lowest BCUT2D eigenvalue weighted by molar-refractivity contribution is 0.0585. The molecule has 8 heteroatoms. The van der Waals surface area contributed by atoms with Gasteiger partial charge in [0.15, 0.2) is 0 Å². The number of fused-ring (bicyclic) bond motifs is 1. The number of esters is 1. The van der Waals surface area contributed by atoms with Gasteiger partial charge in [0.05, 0.1) is 32.3 Å². The number of anilines is 1. The SMILES string of the molecule is CC(C)O.COC(=O)c1cncn1C1CCOc2ccc(N)cc21.Cl. The van der Waals surface area contributed by atoms with Gasteiger partial charge in [0.2, 0.25) is 0 Å². The lowest BCUT2D eigenvalue weighted by atomic mass is 9.99. The molecular formula is C17H24ClN3O4. The first-order valence-electron chi connectivity index (χ1n) is 7.74. The van der Waals surface area contributed by atoms with Crippen molar-refractivity contribution >= 4 is 24.1 Å². The molecule has 1 aromatic carbocycles. The van der Waals surface area contributed by atoms with Crippen LogP contribution < -0.4 is 10.5 Å². The lowest BCUT2D eigenvalue weighted by Gasteiger charge is -2.28.